The van der Waals surface area contributed by atoms with Crippen LogP contribution in [0.4, 0.5) is 5.69 Å². The Balaban J connectivity index is 1.97. The molecule has 2 aliphatic rings. The lowest BCUT2D eigenvalue weighted by atomic mass is 9.96. The second-order valence-corrected chi connectivity index (χ2v) is 5.55. The zero-order chi connectivity index (χ0) is 11.2. The van der Waals surface area contributed by atoms with E-state index in [0.717, 1.165) is 12.2 Å². The summed E-state index contributed by atoms with van der Waals surface area (Å²) in [5, 5.41) is 2.89. The van der Waals surface area contributed by atoms with Crippen molar-refractivity contribution in [3.63, 3.8) is 0 Å². The molecule has 84 valence electrons. The third-order valence-electron chi connectivity index (χ3n) is 3.47. The molecule has 1 fully saturated rings. The molecule has 0 unspecified atom stereocenters. The zero-order valence-corrected chi connectivity index (χ0v) is 9.77. The van der Waals surface area contributed by atoms with Crippen molar-refractivity contribution in [2.24, 2.45) is 5.73 Å². The summed E-state index contributed by atoms with van der Waals surface area (Å²) in [4.78, 5) is 12.4. The van der Waals surface area contributed by atoms with E-state index in [9.17, 15) is 4.79 Å². The van der Waals surface area contributed by atoms with Crippen molar-refractivity contribution in [2.45, 2.75) is 23.2 Å². The van der Waals surface area contributed by atoms with Gasteiger partial charge in [-0.25, -0.2) is 0 Å². The third-order valence-corrected chi connectivity index (χ3v) is 4.53. The molecule has 3 rings (SSSR count). The molecular formula is C12H14N2OS. The minimum Gasteiger partial charge on any atom is -0.330 e. The first-order valence-electron chi connectivity index (χ1n) is 5.51. The van der Waals surface area contributed by atoms with Crippen molar-refractivity contribution >= 4 is 23.4 Å². The highest BCUT2D eigenvalue weighted by Gasteiger charge is 2.43. The van der Waals surface area contributed by atoms with E-state index < -0.39 is 0 Å². The first-order valence-corrected chi connectivity index (χ1v) is 6.49. The lowest BCUT2D eigenvalue weighted by Crippen LogP contribution is -2.22. The average Bonchev–Trinajstić information content (AvgIpc) is 3.09. The molecule has 16 heavy (non-hydrogen) atoms. The second kappa shape index (κ2) is 3.50. The lowest BCUT2D eigenvalue weighted by molar-refractivity contribution is -0.113. The van der Waals surface area contributed by atoms with Gasteiger partial charge in [-0.15, -0.1) is 11.8 Å². The number of carbonyl (C=O) groups excluding carboxylic acids is 1. The number of benzene rings is 1. The Kier molecular flexibility index (Phi) is 2.23. The maximum atomic E-state index is 11.2. The minimum absolute atomic E-state index is 0.0882. The van der Waals surface area contributed by atoms with Crippen LogP contribution in [0.2, 0.25) is 0 Å². The molecule has 1 aliphatic heterocycles. The normalized spacial score (nSPS) is 21.2. The first-order chi connectivity index (χ1) is 7.73. The molecule has 1 aliphatic carbocycles. The molecule has 0 radical (unpaired) electrons. The monoisotopic (exact) mass is 234 g/mol. The fraction of sp³-hybridized carbons (Fsp3) is 0.417. The van der Waals surface area contributed by atoms with Crippen molar-refractivity contribution in [3.05, 3.63) is 23.8 Å². The van der Waals surface area contributed by atoms with E-state index in [2.05, 4.69) is 17.4 Å². The van der Waals surface area contributed by atoms with Crippen molar-refractivity contribution in [2.75, 3.05) is 17.6 Å². The molecule has 1 saturated carbocycles. The van der Waals surface area contributed by atoms with Crippen LogP contribution in [0.15, 0.2) is 23.1 Å². The number of carbonyl (C=O) groups is 1. The maximum Gasteiger partial charge on any atom is 0.234 e. The Bertz CT molecular complexity index is 454. The number of rotatable bonds is 2. The fourth-order valence-corrected chi connectivity index (χ4v) is 3.01. The molecule has 0 spiro atoms. The van der Waals surface area contributed by atoms with Crippen molar-refractivity contribution < 1.29 is 4.79 Å². The van der Waals surface area contributed by atoms with Gasteiger partial charge < -0.3 is 11.1 Å². The van der Waals surface area contributed by atoms with E-state index >= 15 is 0 Å². The number of anilines is 1. The SMILES string of the molecule is NCC1(c2ccc3c(c2)SCC(=O)N3)CC1. The highest BCUT2D eigenvalue weighted by molar-refractivity contribution is 8.00. The number of nitrogens with one attached hydrogen (secondary N) is 1. The Morgan fingerprint density at radius 2 is 2.25 bits per heavy atom. The second-order valence-electron chi connectivity index (χ2n) is 4.53. The van der Waals surface area contributed by atoms with Crippen LogP contribution in [0.25, 0.3) is 0 Å². The zero-order valence-electron chi connectivity index (χ0n) is 8.95. The van der Waals surface area contributed by atoms with Crippen molar-refractivity contribution in [1.29, 1.82) is 0 Å². The Hall–Kier alpha value is -1.00. The molecule has 0 saturated heterocycles. The third kappa shape index (κ3) is 1.53. The van der Waals surface area contributed by atoms with Gasteiger partial charge in [-0.2, -0.15) is 0 Å². The summed E-state index contributed by atoms with van der Waals surface area (Å²) in [6.45, 7) is 0.725. The van der Waals surface area contributed by atoms with Gasteiger partial charge in [0.05, 0.1) is 11.4 Å². The molecule has 0 aromatic heterocycles. The molecule has 1 aromatic carbocycles. The van der Waals surface area contributed by atoms with E-state index in [1.54, 1.807) is 11.8 Å². The summed E-state index contributed by atoms with van der Waals surface area (Å²) in [7, 11) is 0. The van der Waals surface area contributed by atoms with Gasteiger partial charge in [0.15, 0.2) is 0 Å². The molecule has 0 atom stereocenters. The van der Waals surface area contributed by atoms with E-state index in [1.807, 2.05) is 6.07 Å². The number of nitrogens with two attached hydrogens (primary N) is 1. The molecule has 0 bridgehead atoms. The van der Waals surface area contributed by atoms with Crippen LogP contribution in [0.3, 0.4) is 0 Å². The van der Waals surface area contributed by atoms with Crippen LogP contribution >= 0.6 is 11.8 Å². The number of hydrogen-bond donors (Lipinski definition) is 2. The van der Waals surface area contributed by atoms with E-state index in [0.29, 0.717) is 5.75 Å². The maximum absolute atomic E-state index is 11.2. The molecular weight excluding hydrogens is 220 g/mol. The largest absolute Gasteiger partial charge is 0.330 e. The van der Waals surface area contributed by atoms with E-state index in [1.165, 1.54) is 23.3 Å². The van der Waals surface area contributed by atoms with Crippen molar-refractivity contribution in [1.82, 2.24) is 0 Å². The molecule has 3 N–H and O–H groups in total. The summed E-state index contributed by atoms with van der Waals surface area (Å²) >= 11 is 1.61. The van der Waals surface area contributed by atoms with E-state index in [4.69, 9.17) is 5.73 Å². The summed E-state index contributed by atoms with van der Waals surface area (Å²) in [6, 6.07) is 6.30. The van der Waals surface area contributed by atoms with Gasteiger partial charge in [0.2, 0.25) is 5.91 Å². The Labute approximate surface area is 98.8 Å². The van der Waals surface area contributed by atoms with Gasteiger partial charge in [0.25, 0.3) is 0 Å². The minimum atomic E-state index is 0.0882. The number of thioether (sulfide) groups is 1. The van der Waals surface area contributed by atoms with Crippen LogP contribution in [-0.2, 0) is 10.2 Å². The number of fused-ring (bicyclic) bond motifs is 1. The first kappa shape index (κ1) is 10.2. The summed E-state index contributed by atoms with van der Waals surface area (Å²) in [5.41, 5.74) is 8.33. The lowest BCUT2D eigenvalue weighted by Gasteiger charge is -2.20. The van der Waals surface area contributed by atoms with Gasteiger partial charge in [-0.05, 0) is 30.5 Å². The molecule has 1 aromatic rings. The predicted molar refractivity (Wildman–Crippen MR) is 65.8 cm³/mol. The van der Waals surface area contributed by atoms with Crippen LogP contribution in [0, 0.1) is 0 Å². The van der Waals surface area contributed by atoms with Crippen molar-refractivity contribution in [3.8, 4) is 0 Å². The fourth-order valence-electron chi connectivity index (χ4n) is 2.17. The Morgan fingerprint density at radius 3 is 2.94 bits per heavy atom. The highest BCUT2D eigenvalue weighted by atomic mass is 32.2. The van der Waals surface area contributed by atoms with Gasteiger partial charge in [-0.3, -0.25) is 4.79 Å². The van der Waals surface area contributed by atoms with Gasteiger partial charge in [-0.1, -0.05) is 6.07 Å². The standard InChI is InChI=1S/C12H14N2OS/c13-7-12(3-4-12)8-1-2-9-10(5-8)16-6-11(15)14-9/h1-2,5H,3-4,6-7,13H2,(H,14,15). The summed E-state index contributed by atoms with van der Waals surface area (Å²) < 4.78 is 0. The number of amides is 1. The molecule has 1 heterocycles. The van der Waals surface area contributed by atoms with Crippen LogP contribution in [0.5, 0.6) is 0 Å². The van der Waals surface area contributed by atoms with Crippen LogP contribution < -0.4 is 11.1 Å². The van der Waals surface area contributed by atoms with Crippen LogP contribution in [-0.4, -0.2) is 18.2 Å². The van der Waals surface area contributed by atoms with Gasteiger partial charge in [0, 0.05) is 16.9 Å². The predicted octanol–water partition coefficient (Wildman–Crippen LogP) is 1.72. The van der Waals surface area contributed by atoms with E-state index in [-0.39, 0.29) is 11.3 Å². The quantitative estimate of drug-likeness (QED) is 0.819. The average molecular weight is 234 g/mol. The molecule has 1 amide bonds. The van der Waals surface area contributed by atoms with Gasteiger partial charge >= 0.3 is 0 Å². The molecule has 4 heteroatoms. The number of hydrogen-bond acceptors (Lipinski definition) is 3. The van der Waals surface area contributed by atoms with Gasteiger partial charge in [0.1, 0.15) is 0 Å². The summed E-state index contributed by atoms with van der Waals surface area (Å²) in [6.07, 6.45) is 2.39. The van der Waals surface area contributed by atoms with Crippen LogP contribution in [0.1, 0.15) is 18.4 Å². The summed E-state index contributed by atoms with van der Waals surface area (Å²) in [5.74, 6) is 0.608. The smallest absolute Gasteiger partial charge is 0.234 e. The highest BCUT2D eigenvalue weighted by Crippen LogP contribution is 2.48. The molecule has 3 nitrogen and oxygen atoms in total. The Morgan fingerprint density at radius 1 is 1.44 bits per heavy atom. The topological polar surface area (TPSA) is 55.1 Å².